The first-order chi connectivity index (χ1) is 13.5. The van der Waals surface area contributed by atoms with Crippen LogP contribution in [0.2, 0.25) is 0 Å². The van der Waals surface area contributed by atoms with Gasteiger partial charge < -0.3 is 20.1 Å². The smallest absolute Gasteiger partial charge is 0.314 e. The summed E-state index contributed by atoms with van der Waals surface area (Å²) < 4.78 is 0. The number of piperidine rings is 1. The highest BCUT2D eigenvalue weighted by Crippen LogP contribution is 2.35. The number of carbonyl (C=O) groups is 2. The van der Waals surface area contributed by atoms with Crippen molar-refractivity contribution < 1.29 is 19.8 Å². The molecule has 1 aliphatic rings. The van der Waals surface area contributed by atoms with Gasteiger partial charge in [-0.05, 0) is 42.7 Å². The van der Waals surface area contributed by atoms with Gasteiger partial charge in [-0.1, -0.05) is 30.3 Å². The third kappa shape index (κ3) is 3.16. The number of aliphatic carboxylic acids is 1. The summed E-state index contributed by atoms with van der Waals surface area (Å²) >= 11 is 0. The van der Waals surface area contributed by atoms with Gasteiger partial charge in [0.05, 0.1) is 6.10 Å². The highest BCUT2D eigenvalue weighted by Gasteiger charge is 2.50. The molecule has 1 saturated heterocycles. The van der Waals surface area contributed by atoms with Gasteiger partial charge in [-0.15, -0.1) is 0 Å². The minimum Gasteiger partial charge on any atom is -0.481 e. The van der Waals surface area contributed by atoms with Gasteiger partial charge in [-0.2, -0.15) is 0 Å². The minimum absolute atomic E-state index is 0.0254. The van der Waals surface area contributed by atoms with Crippen LogP contribution in [0.15, 0.2) is 60.8 Å². The van der Waals surface area contributed by atoms with Gasteiger partial charge in [-0.25, -0.2) is 0 Å². The Balaban J connectivity index is 1.63. The fourth-order valence-electron chi connectivity index (χ4n) is 4.04. The third-order valence-corrected chi connectivity index (χ3v) is 5.66. The van der Waals surface area contributed by atoms with Crippen molar-refractivity contribution in [1.29, 1.82) is 0 Å². The van der Waals surface area contributed by atoms with E-state index in [0.717, 1.165) is 16.5 Å². The van der Waals surface area contributed by atoms with Gasteiger partial charge >= 0.3 is 5.97 Å². The van der Waals surface area contributed by atoms with Crippen LogP contribution in [0.4, 0.5) is 0 Å². The second-order valence-corrected chi connectivity index (χ2v) is 7.43. The van der Waals surface area contributed by atoms with E-state index >= 15 is 0 Å². The molecule has 0 saturated carbocycles. The molecule has 144 valence electrons. The summed E-state index contributed by atoms with van der Waals surface area (Å²) in [5, 5.41) is 21.5. The number of carboxylic acid groups (broad SMARTS) is 1. The fourth-order valence-corrected chi connectivity index (χ4v) is 4.04. The number of aliphatic hydroxyl groups is 1. The first kappa shape index (κ1) is 18.3. The lowest BCUT2D eigenvalue weighted by molar-refractivity contribution is -0.161. The lowest BCUT2D eigenvalue weighted by Gasteiger charge is -2.43. The van der Waals surface area contributed by atoms with Crippen molar-refractivity contribution in [1.82, 2.24) is 9.88 Å². The number of hydrogen-bond donors (Lipinski definition) is 3. The maximum Gasteiger partial charge on any atom is 0.314 e. The predicted octanol–water partition coefficient (Wildman–Crippen LogP) is 2.69. The Bertz CT molecular complexity index is 1010. The fraction of sp³-hybridized carbons (Fsp3) is 0.273. The van der Waals surface area contributed by atoms with E-state index in [0.29, 0.717) is 12.1 Å². The maximum atomic E-state index is 13.1. The average molecular weight is 378 g/mol. The van der Waals surface area contributed by atoms with Gasteiger partial charge in [0, 0.05) is 35.8 Å². The predicted molar refractivity (Wildman–Crippen MR) is 105 cm³/mol. The van der Waals surface area contributed by atoms with Crippen LogP contribution in [0.25, 0.3) is 10.9 Å². The maximum absolute atomic E-state index is 13.1. The molecule has 4 rings (SSSR count). The Morgan fingerprint density at radius 3 is 2.68 bits per heavy atom. The summed E-state index contributed by atoms with van der Waals surface area (Å²) in [7, 11) is 0. The second-order valence-electron chi connectivity index (χ2n) is 7.43. The summed E-state index contributed by atoms with van der Waals surface area (Å²) in [6.45, 7) is 0.303. The standard InChI is InChI=1S/C22H22N2O4/c25-19-9-11-24(20(26)17-6-7-18-16(12-17)8-10-23-18)14-22(19,21(27)28)13-15-4-2-1-3-5-15/h1-8,10,12,19,23,25H,9,11,13-14H2,(H,27,28)/t19-,22+/m0/s1. The lowest BCUT2D eigenvalue weighted by Crippen LogP contribution is -2.58. The number of amides is 1. The quantitative estimate of drug-likeness (QED) is 0.651. The molecule has 1 aromatic heterocycles. The molecule has 0 aliphatic carbocycles. The second kappa shape index (κ2) is 7.13. The Morgan fingerprint density at radius 1 is 1.14 bits per heavy atom. The molecule has 0 spiro atoms. The number of aliphatic hydroxyl groups excluding tert-OH is 1. The number of aromatic amines is 1. The number of carbonyl (C=O) groups excluding carboxylic acids is 1. The van der Waals surface area contributed by atoms with Crippen LogP contribution >= 0.6 is 0 Å². The topological polar surface area (TPSA) is 93.6 Å². The SMILES string of the molecule is O=C(c1ccc2[nH]ccc2c1)N1CC[C@H](O)[C@](Cc2ccccc2)(C(=O)O)C1. The normalized spacial score (nSPS) is 22.3. The van der Waals surface area contributed by atoms with Crippen molar-refractivity contribution in [3.8, 4) is 0 Å². The molecule has 2 atom stereocenters. The Kier molecular flexibility index (Phi) is 4.65. The molecule has 1 aliphatic heterocycles. The van der Waals surface area contributed by atoms with E-state index in [1.165, 1.54) is 0 Å². The van der Waals surface area contributed by atoms with Crippen molar-refractivity contribution in [2.75, 3.05) is 13.1 Å². The van der Waals surface area contributed by atoms with Crippen LogP contribution in [0.3, 0.4) is 0 Å². The van der Waals surface area contributed by atoms with Crippen LogP contribution in [0, 0.1) is 5.41 Å². The average Bonchev–Trinajstić information content (AvgIpc) is 3.17. The molecule has 0 bridgehead atoms. The van der Waals surface area contributed by atoms with Gasteiger partial charge in [0.2, 0.25) is 0 Å². The van der Waals surface area contributed by atoms with Gasteiger partial charge in [-0.3, -0.25) is 9.59 Å². The number of benzene rings is 2. The number of carboxylic acids is 1. The Hall–Kier alpha value is -3.12. The highest BCUT2D eigenvalue weighted by molar-refractivity contribution is 5.98. The zero-order valence-corrected chi connectivity index (χ0v) is 15.3. The van der Waals surface area contributed by atoms with Gasteiger partial charge in [0.15, 0.2) is 0 Å². The van der Waals surface area contributed by atoms with E-state index in [1.807, 2.05) is 48.7 Å². The molecule has 2 aromatic carbocycles. The molecule has 3 N–H and O–H groups in total. The van der Waals surface area contributed by atoms with Crippen molar-refractivity contribution in [3.63, 3.8) is 0 Å². The third-order valence-electron chi connectivity index (χ3n) is 5.66. The summed E-state index contributed by atoms with van der Waals surface area (Å²) in [6, 6.07) is 16.5. The van der Waals surface area contributed by atoms with Crippen LogP contribution in [-0.2, 0) is 11.2 Å². The first-order valence-corrected chi connectivity index (χ1v) is 9.31. The van der Waals surface area contributed by atoms with E-state index in [1.54, 1.807) is 17.0 Å². The number of hydrogen-bond acceptors (Lipinski definition) is 3. The van der Waals surface area contributed by atoms with Crippen LogP contribution in [-0.4, -0.2) is 51.2 Å². The number of aromatic nitrogens is 1. The molecule has 0 unspecified atom stereocenters. The molecule has 6 nitrogen and oxygen atoms in total. The number of nitrogens with zero attached hydrogens (tertiary/aromatic N) is 1. The zero-order valence-electron chi connectivity index (χ0n) is 15.3. The lowest BCUT2D eigenvalue weighted by atomic mass is 9.72. The molecule has 1 fully saturated rings. The molecule has 3 aromatic rings. The Morgan fingerprint density at radius 2 is 1.93 bits per heavy atom. The van der Waals surface area contributed by atoms with E-state index in [9.17, 15) is 19.8 Å². The summed E-state index contributed by atoms with van der Waals surface area (Å²) in [5.74, 6) is -1.30. The van der Waals surface area contributed by atoms with Crippen LogP contribution in [0.1, 0.15) is 22.3 Å². The van der Waals surface area contributed by atoms with E-state index < -0.39 is 17.5 Å². The Labute approximate surface area is 162 Å². The summed E-state index contributed by atoms with van der Waals surface area (Å²) in [5.41, 5.74) is 0.858. The van der Waals surface area contributed by atoms with Crippen molar-refractivity contribution in [2.45, 2.75) is 18.9 Å². The number of rotatable bonds is 4. The van der Waals surface area contributed by atoms with E-state index in [-0.39, 0.29) is 25.3 Å². The molecule has 2 heterocycles. The molecule has 6 heteroatoms. The van der Waals surface area contributed by atoms with Gasteiger partial charge in [0.1, 0.15) is 5.41 Å². The number of nitrogens with one attached hydrogen (secondary N) is 1. The minimum atomic E-state index is -1.42. The summed E-state index contributed by atoms with van der Waals surface area (Å²) in [6.07, 6.45) is 1.20. The zero-order chi connectivity index (χ0) is 19.7. The molecular weight excluding hydrogens is 356 g/mol. The molecular formula is C22H22N2O4. The number of fused-ring (bicyclic) bond motifs is 1. The highest BCUT2D eigenvalue weighted by atomic mass is 16.4. The summed E-state index contributed by atoms with van der Waals surface area (Å²) in [4.78, 5) is 30.0. The van der Waals surface area contributed by atoms with Crippen LogP contribution < -0.4 is 0 Å². The monoisotopic (exact) mass is 378 g/mol. The number of likely N-dealkylation sites (tertiary alicyclic amines) is 1. The van der Waals surface area contributed by atoms with Gasteiger partial charge in [0.25, 0.3) is 5.91 Å². The first-order valence-electron chi connectivity index (χ1n) is 9.31. The number of H-pyrrole nitrogens is 1. The largest absolute Gasteiger partial charge is 0.481 e. The molecule has 1 amide bonds. The molecule has 28 heavy (non-hydrogen) atoms. The van der Waals surface area contributed by atoms with Crippen LogP contribution in [0.5, 0.6) is 0 Å². The van der Waals surface area contributed by atoms with Crippen molar-refractivity contribution in [2.24, 2.45) is 5.41 Å². The van der Waals surface area contributed by atoms with E-state index in [2.05, 4.69) is 4.98 Å². The van der Waals surface area contributed by atoms with Crippen molar-refractivity contribution in [3.05, 3.63) is 71.9 Å². The van der Waals surface area contributed by atoms with Crippen molar-refractivity contribution >= 4 is 22.8 Å². The van der Waals surface area contributed by atoms with E-state index in [4.69, 9.17) is 0 Å². The molecule has 0 radical (unpaired) electrons.